The van der Waals surface area contributed by atoms with Crippen molar-refractivity contribution in [3.63, 3.8) is 0 Å². The predicted octanol–water partition coefficient (Wildman–Crippen LogP) is 4.26. The van der Waals surface area contributed by atoms with E-state index in [0.29, 0.717) is 19.4 Å². The SMILES string of the molecule is COCCCN1C2=C(C(=O)CC(C)(C)C2)C(C)C2=C1CC(C)(C)CC2=O. The number of rotatable bonds is 4. The van der Waals surface area contributed by atoms with E-state index in [9.17, 15) is 9.59 Å². The van der Waals surface area contributed by atoms with E-state index in [4.69, 9.17) is 4.74 Å². The second kappa shape index (κ2) is 6.63. The van der Waals surface area contributed by atoms with Crippen molar-refractivity contribution in [3.05, 3.63) is 22.5 Å². The summed E-state index contributed by atoms with van der Waals surface area (Å²) in [5.74, 6) is 0.389. The summed E-state index contributed by atoms with van der Waals surface area (Å²) >= 11 is 0. The van der Waals surface area contributed by atoms with Crippen molar-refractivity contribution in [3.8, 4) is 0 Å². The maximum absolute atomic E-state index is 13.0. The van der Waals surface area contributed by atoms with Gasteiger partial charge >= 0.3 is 0 Å². The lowest BCUT2D eigenvalue weighted by atomic mass is 9.65. The number of hydrogen-bond donors (Lipinski definition) is 0. The Morgan fingerprint density at radius 2 is 1.38 bits per heavy atom. The maximum Gasteiger partial charge on any atom is 0.161 e. The lowest BCUT2D eigenvalue weighted by Crippen LogP contribution is -2.44. The van der Waals surface area contributed by atoms with E-state index in [1.807, 2.05) is 0 Å². The fourth-order valence-corrected chi connectivity index (χ4v) is 5.01. The Morgan fingerprint density at radius 1 is 0.923 bits per heavy atom. The van der Waals surface area contributed by atoms with Crippen LogP contribution in [0.3, 0.4) is 0 Å². The summed E-state index contributed by atoms with van der Waals surface area (Å²) in [7, 11) is 1.72. The molecule has 1 aliphatic heterocycles. The normalized spacial score (nSPS) is 25.5. The third-order valence-corrected chi connectivity index (χ3v) is 6.04. The lowest BCUT2D eigenvalue weighted by molar-refractivity contribution is -0.120. The van der Waals surface area contributed by atoms with Gasteiger partial charge in [-0.25, -0.2) is 0 Å². The molecule has 0 aromatic carbocycles. The Balaban J connectivity index is 2.09. The predicted molar refractivity (Wildman–Crippen MR) is 102 cm³/mol. The molecule has 0 N–H and O–H groups in total. The van der Waals surface area contributed by atoms with E-state index < -0.39 is 0 Å². The van der Waals surface area contributed by atoms with E-state index in [2.05, 4.69) is 39.5 Å². The van der Waals surface area contributed by atoms with E-state index in [-0.39, 0.29) is 28.3 Å². The van der Waals surface area contributed by atoms with Crippen LogP contribution in [0.2, 0.25) is 0 Å². The van der Waals surface area contributed by atoms with Crippen LogP contribution in [0.5, 0.6) is 0 Å². The molecule has 0 spiro atoms. The summed E-state index contributed by atoms with van der Waals surface area (Å²) in [6.45, 7) is 12.2. The van der Waals surface area contributed by atoms with Gasteiger partial charge in [-0.05, 0) is 30.1 Å². The van der Waals surface area contributed by atoms with Crippen molar-refractivity contribution in [1.82, 2.24) is 4.90 Å². The van der Waals surface area contributed by atoms with Crippen molar-refractivity contribution in [2.75, 3.05) is 20.3 Å². The Hall–Kier alpha value is -1.42. The molecule has 26 heavy (non-hydrogen) atoms. The minimum Gasteiger partial charge on any atom is -0.385 e. The fourth-order valence-electron chi connectivity index (χ4n) is 5.01. The highest BCUT2D eigenvalue weighted by Gasteiger charge is 2.46. The van der Waals surface area contributed by atoms with Crippen molar-refractivity contribution in [2.45, 2.75) is 66.7 Å². The Labute approximate surface area is 157 Å². The second-order valence-corrected chi connectivity index (χ2v) is 9.82. The first-order valence-electron chi connectivity index (χ1n) is 9.85. The highest BCUT2D eigenvalue weighted by atomic mass is 16.5. The summed E-state index contributed by atoms with van der Waals surface area (Å²) in [6, 6.07) is 0. The number of carbonyl (C=O) groups is 2. The first-order chi connectivity index (χ1) is 12.1. The zero-order chi connectivity index (χ0) is 19.3. The van der Waals surface area contributed by atoms with Gasteiger partial charge in [0.2, 0.25) is 0 Å². The quantitative estimate of drug-likeness (QED) is 0.704. The molecule has 0 atom stereocenters. The molecule has 144 valence electrons. The van der Waals surface area contributed by atoms with Gasteiger partial charge in [0.05, 0.1) is 0 Å². The Bertz CT molecular complexity index is 642. The number of hydrogen-bond acceptors (Lipinski definition) is 4. The maximum atomic E-state index is 13.0. The molecule has 0 saturated heterocycles. The smallest absolute Gasteiger partial charge is 0.161 e. The summed E-state index contributed by atoms with van der Waals surface area (Å²) < 4.78 is 5.26. The lowest BCUT2D eigenvalue weighted by Gasteiger charge is -2.48. The van der Waals surface area contributed by atoms with Crippen molar-refractivity contribution in [2.24, 2.45) is 16.7 Å². The van der Waals surface area contributed by atoms with Crippen LogP contribution in [0.25, 0.3) is 0 Å². The van der Waals surface area contributed by atoms with Crippen molar-refractivity contribution in [1.29, 1.82) is 0 Å². The third-order valence-electron chi connectivity index (χ3n) is 6.04. The van der Waals surface area contributed by atoms with Gasteiger partial charge in [0, 0.05) is 61.6 Å². The number of Topliss-reactive ketones (excluding diaryl/α,β-unsaturated/α-hetero) is 2. The van der Waals surface area contributed by atoms with Gasteiger partial charge < -0.3 is 9.64 Å². The van der Waals surface area contributed by atoms with Crippen LogP contribution in [0.1, 0.15) is 66.7 Å². The number of nitrogens with zero attached hydrogens (tertiary/aromatic N) is 1. The standard InChI is InChI=1S/C22H33NO3/c1-14-19-15(10-21(2,3)12-17(19)24)23(8-7-9-26-6)16-11-22(4,5)13-18(25)20(14)16/h14H,7-13H2,1-6H3. The molecule has 4 heteroatoms. The molecule has 2 aliphatic carbocycles. The summed E-state index contributed by atoms with van der Waals surface area (Å²) in [5.41, 5.74) is 4.07. The third kappa shape index (κ3) is 3.40. The van der Waals surface area contributed by atoms with E-state index in [0.717, 1.165) is 37.0 Å². The van der Waals surface area contributed by atoms with E-state index in [1.165, 1.54) is 11.4 Å². The molecule has 0 bridgehead atoms. The summed E-state index contributed by atoms with van der Waals surface area (Å²) in [5, 5.41) is 0. The van der Waals surface area contributed by atoms with E-state index >= 15 is 0 Å². The zero-order valence-electron chi connectivity index (χ0n) is 17.2. The highest BCUT2D eigenvalue weighted by molar-refractivity contribution is 6.05. The van der Waals surface area contributed by atoms with Crippen LogP contribution in [-0.4, -0.2) is 36.7 Å². The molecule has 0 aromatic rings. The average Bonchev–Trinajstić information content (AvgIpc) is 2.47. The average molecular weight is 360 g/mol. The van der Waals surface area contributed by atoms with Crippen LogP contribution >= 0.6 is 0 Å². The molecule has 1 heterocycles. The number of allylic oxidation sites excluding steroid dienone is 4. The first-order valence-corrected chi connectivity index (χ1v) is 9.85. The van der Waals surface area contributed by atoms with Crippen LogP contribution in [0.4, 0.5) is 0 Å². The van der Waals surface area contributed by atoms with Gasteiger partial charge in [-0.2, -0.15) is 0 Å². The molecule has 0 radical (unpaired) electrons. The molecule has 3 rings (SSSR count). The molecule has 4 nitrogen and oxygen atoms in total. The van der Waals surface area contributed by atoms with Crippen LogP contribution < -0.4 is 0 Å². The van der Waals surface area contributed by atoms with Gasteiger partial charge in [0.25, 0.3) is 0 Å². The topological polar surface area (TPSA) is 46.6 Å². The number of ether oxygens (including phenoxy) is 1. The van der Waals surface area contributed by atoms with Gasteiger partial charge in [0.15, 0.2) is 11.6 Å². The minimum atomic E-state index is -0.0640. The molecule has 0 aromatic heterocycles. The van der Waals surface area contributed by atoms with Crippen molar-refractivity contribution < 1.29 is 14.3 Å². The van der Waals surface area contributed by atoms with Gasteiger partial charge in [-0.1, -0.05) is 34.6 Å². The Morgan fingerprint density at radius 3 is 1.81 bits per heavy atom. The first kappa shape index (κ1) is 19.3. The van der Waals surface area contributed by atoms with Crippen LogP contribution in [0.15, 0.2) is 22.5 Å². The monoisotopic (exact) mass is 359 g/mol. The van der Waals surface area contributed by atoms with Crippen LogP contribution in [0, 0.1) is 16.7 Å². The van der Waals surface area contributed by atoms with Crippen molar-refractivity contribution >= 4 is 11.6 Å². The van der Waals surface area contributed by atoms with Gasteiger partial charge in [-0.15, -0.1) is 0 Å². The zero-order valence-corrected chi connectivity index (χ0v) is 17.2. The largest absolute Gasteiger partial charge is 0.385 e. The highest BCUT2D eigenvalue weighted by Crippen LogP contribution is 2.51. The van der Waals surface area contributed by atoms with Gasteiger partial charge in [-0.3, -0.25) is 9.59 Å². The van der Waals surface area contributed by atoms with Gasteiger partial charge in [0.1, 0.15) is 0 Å². The molecule has 0 saturated carbocycles. The number of methoxy groups -OCH3 is 1. The summed E-state index contributed by atoms with van der Waals surface area (Å²) in [6.07, 6.45) is 3.84. The molecule has 0 unspecified atom stereocenters. The second-order valence-electron chi connectivity index (χ2n) is 9.82. The van der Waals surface area contributed by atoms with E-state index in [1.54, 1.807) is 7.11 Å². The fraction of sp³-hybridized carbons (Fsp3) is 0.727. The van der Waals surface area contributed by atoms with Crippen LogP contribution in [-0.2, 0) is 14.3 Å². The Kier molecular flexibility index (Phi) is 4.93. The number of carbonyl (C=O) groups excluding carboxylic acids is 2. The molecule has 0 amide bonds. The molecule has 0 fully saturated rings. The molecule has 3 aliphatic rings. The molecular formula is C22H33NO3. The minimum absolute atomic E-state index is 0.0264. The molecular weight excluding hydrogens is 326 g/mol. The number of ketones is 2. The summed E-state index contributed by atoms with van der Waals surface area (Å²) in [4.78, 5) is 28.3.